The van der Waals surface area contributed by atoms with Gasteiger partial charge in [0.1, 0.15) is 17.1 Å². The Morgan fingerprint density at radius 1 is 1.29 bits per heavy atom. The van der Waals surface area contributed by atoms with E-state index in [1.54, 1.807) is 6.07 Å². The molecule has 0 saturated heterocycles. The predicted molar refractivity (Wildman–Crippen MR) is 85.9 cm³/mol. The average Bonchev–Trinajstić information content (AvgIpc) is 2.82. The molecule has 1 heterocycles. The van der Waals surface area contributed by atoms with Crippen LogP contribution in [0.25, 0.3) is 11.0 Å². The molecule has 0 aliphatic carbocycles. The highest BCUT2D eigenvalue weighted by molar-refractivity contribution is 6.31. The zero-order chi connectivity index (χ0) is 14.8. The van der Waals surface area contributed by atoms with Gasteiger partial charge in [-0.2, -0.15) is 0 Å². The second-order valence-corrected chi connectivity index (χ2v) is 5.43. The van der Waals surface area contributed by atoms with Gasteiger partial charge >= 0.3 is 0 Å². The van der Waals surface area contributed by atoms with Crippen molar-refractivity contribution in [3.05, 3.63) is 52.8 Å². The number of nitrogens with zero attached hydrogens (tertiary/aromatic N) is 1. The number of H-pyrrole nitrogens is 1. The van der Waals surface area contributed by atoms with Crippen LogP contribution in [0.1, 0.15) is 11.4 Å². The summed E-state index contributed by atoms with van der Waals surface area (Å²) in [5.74, 6) is 1.71. The number of fused-ring (bicyclic) bond motifs is 1. The molecule has 108 valence electrons. The van der Waals surface area contributed by atoms with Crippen LogP contribution < -0.4 is 10.5 Å². The number of aromatic nitrogens is 2. The van der Waals surface area contributed by atoms with Crippen molar-refractivity contribution in [2.75, 3.05) is 12.3 Å². The van der Waals surface area contributed by atoms with E-state index in [0.29, 0.717) is 23.7 Å². The van der Waals surface area contributed by atoms with Gasteiger partial charge in [-0.25, -0.2) is 4.98 Å². The van der Waals surface area contributed by atoms with Gasteiger partial charge in [0, 0.05) is 11.4 Å². The molecule has 0 aliphatic rings. The Kier molecular flexibility index (Phi) is 3.71. The van der Waals surface area contributed by atoms with Gasteiger partial charge in [-0.3, -0.25) is 0 Å². The summed E-state index contributed by atoms with van der Waals surface area (Å²) in [7, 11) is 0. The number of imidazole rings is 1. The molecule has 3 N–H and O–H groups in total. The molecule has 4 nitrogen and oxygen atoms in total. The monoisotopic (exact) mass is 301 g/mol. The van der Waals surface area contributed by atoms with Gasteiger partial charge in [0.25, 0.3) is 0 Å². The quantitative estimate of drug-likeness (QED) is 0.722. The summed E-state index contributed by atoms with van der Waals surface area (Å²) < 4.78 is 5.72. The third kappa shape index (κ3) is 3.11. The van der Waals surface area contributed by atoms with Crippen LogP contribution in [0.4, 0.5) is 5.69 Å². The summed E-state index contributed by atoms with van der Waals surface area (Å²) in [5, 5.41) is 0.603. The van der Waals surface area contributed by atoms with Gasteiger partial charge in [-0.05, 0) is 36.8 Å². The van der Waals surface area contributed by atoms with Crippen LogP contribution in [-0.2, 0) is 6.42 Å². The van der Waals surface area contributed by atoms with Gasteiger partial charge in [-0.15, -0.1) is 0 Å². The van der Waals surface area contributed by atoms with Crippen LogP contribution in [-0.4, -0.2) is 16.6 Å². The van der Waals surface area contributed by atoms with E-state index in [1.165, 1.54) is 5.56 Å². The van der Waals surface area contributed by atoms with Gasteiger partial charge in [0.15, 0.2) is 0 Å². The minimum atomic E-state index is 0.552. The topological polar surface area (TPSA) is 63.9 Å². The molecule has 0 fully saturated rings. The fraction of sp³-hybridized carbons (Fsp3) is 0.188. The predicted octanol–water partition coefficient (Wildman–Crippen LogP) is 3.73. The van der Waals surface area contributed by atoms with E-state index in [2.05, 4.69) is 9.97 Å². The fourth-order valence-electron chi connectivity index (χ4n) is 2.25. The van der Waals surface area contributed by atoms with Crippen molar-refractivity contribution >= 4 is 28.3 Å². The summed E-state index contributed by atoms with van der Waals surface area (Å²) in [6.07, 6.45) is 0.680. The first kappa shape index (κ1) is 13.8. The Hall–Kier alpha value is -2.20. The van der Waals surface area contributed by atoms with Crippen LogP contribution in [0.5, 0.6) is 5.75 Å². The zero-order valence-corrected chi connectivity index (χ0v) is 12.4. The van der Waals surface area contributed by atoms with Gasteiger partial charge in [-0.1, -0.05) is 23.7 Å². The lowest BCUT2D eigenvalue weighted by Gasteiger charge is -2.05. The maximum absolute atomic E-state index is 5.98. The Balaban J connectivity index is 1.69. The largest absolute Gasteiger partial charge is 0.493 e. The Morgan fingerprint density at radius 2 is 2.14 bits per heavy atom. The normalized spacial score (nSPS) is 11.0. The molecule has 21 heavy (non-hydrogen) atoms. The molecular weight excluding hydrogens is 286 g/mol. The Labute approximate surface area is 127 Å². The Bertz CT molecular complexity index is 782. The van der Waals surface area contributed by atoms with E-state index in [0.717, 1.165) is 22.6 Å². The molecule has 2 aromatic carbocycles. The van der Waals surface area contributed by atoms with Gasteiger partial charge in [0.05, 0.1) is 17.8 Å². The maximum Gasteiger partial charge on any atom is 0.119 e. The number of aromatic amines is 1. The number of hydrogen-bond acceptors (Lipinski definition) is 3. The number of anilines is 1. The highest BCUT2D eigenvalue weighted by Crippen LogP contribution is 2.24. The molecule has 3 rings (SSSR count). The van der Waals surface area contributed by atoms with Crippen molar-refractivity contribution in [1.29, 1.82) is 0 Å². The maximum atomic E-state index is 5.98. The van der Waals surface area contributed by atoms with Gasteiger partial charge in [0.2, 0.25) is 0 Å². The van der Waals surface area contributed by atoms with E-state index < -0.39 is 0 Å². The van der Waals surface area contributed by atoms with E-state index in [1.807, 2.05) is 37.3 Å². The third-order valence-corrected chi connectivity index (χ3v) is 3.45. The summed E-state index contributed by atoms with van der Waals surface area (Å²) in [4.78, 5) is 7.70. The zero-order valence-electron chi connectivity index (χ0n) is 11.7. The molecule has 0 atom stereocenters. The lowest BCUT2D eigenvalue weighted by atomic mass is 10.2. The Morgan fingerprint density at radius 3 is 2.95 bits per heavy atom. The third-order valence-electron chi connectivity index (χ3n) is 3.23. The molecule has 0 unspecified atom stereocenters. The van der Waals surface area contributed by atoms with E-state index in [-0.39, 0.29) is 0 Å². The number of rotatable bonds is 4. The van der Waals surface area contributed by atoms with Crippen LogP contribution in [0.3, 0.4) is 0 Å². The number of nitrogens with two attached hydrogens (primary N) is 1. The number of benzene rings is 2. The molecule has 0 aliphatic heterocycles. The van der Waals surface area contributed by atoms with Crippen LogP contribution in [0, 0.1) is 6.92 Å². The van der Waals surface area contributed by atoms with Crippen molar-refractivity contribution in [2.24, 2.45) is 0 Å². The molecule has 0 saturated carbocycles. The molecule has 0 spiro atoms. The average molecular weight is 302 g/mol. The van der Waals surface area contributed by atoms with E-state index in [4.69, 9.17) is 22.1 Å². The molecule has 5 heteroatoms. The van der Waals surface area contributed by atoms with Gasteiger partial charge < -0.3 is 15.5 Å². The highest BCUT2D eigenvalue weighted by Gasteiger charge is 2.07. The number of ether oxygens (including phenoxy) is 1. The van der Waals surface area contributed by atoms with E-state index >= 15 is 0 Å². The first-order valence-corrected chi connectivity index (χ1v) is 7.13. The molecule has 0 amide bonds. The first-order chi connectivity index (χ1) is 10.1. The standard InChI is InChI=1S/C16H16ClN3O/c1-10-3-2-4-12(7-10)21-6-5-15-19-14-9-11(17)8-13(18)16(14)20-15/h2-4,7-9H,5-6,18H2,1H3,(H,19,20). The molecule has 1 aromatic heterocycles. The SMILES string of the molecule is Cc1cccc(OCCc2nc3c(N)cc(Cl)cc3[nH]2)c1. The summed E-state index contributed by atoms with van der Waals surface area (Å²) in [6, 6.07) is 11.5. The fourth-order valence-corrected chi connectivity index (χ4v) is 2.47. The molecular formula is C16H16ClN3O. The number of nitrogens with one attached hydrogen (secondary N) is 1. The molecule has 0 bridgehead atoms. The number of hydrogen-bond donors (Lipinski definition) is 2. The minimum absolute atomic E-state index is 0.552. The summed E-state index contributed by atoms with van der Waals surface area (Å²) >= 11 is 5.98. The highest BCUT2D eigenvalue weighted by atomic mass is 35.5. The van der Waals surface area contributed by atoms with E-state index in [9.17, 15) is 0 Å². The van der Waals surface area contributed by atoms with Crippen molar-refractivity contribution in [2.45, 2.75) is 13.3 Å². The van der Waals surface area contributed by atoms with Crippen molar-refractivity contribution in [3.8, 4) is 5.75 Å². The van der Waals surface area contributed by atoms with Crippen molar-refractivity contribution in [3.63, 3.8) is 0 Å². The number of halogens is 1. The van der Waals surface area contributed by atoms with Crippen LogP contribution in [0.2, 0.25) is 5.02 Å². The smallest absolute Gasteiger partial charge is 0.119 e. The minimum Gasteiger partial charge on any atom is -0.493 e. The summed E-state index contributed by atoms with van der Waals surface area (Å²) in [5.41, 5.74) is 9.28. The lowest BCUT2D eigenvalue weighted by Crippen LogP contribution is -2.02. The van der Waals surface area contributed by atoms with Crippen LogP contribution >= 0.6 is 11.6 Å². The molecule has 3 aromatic rings. The first-order valence-electron chi connectivity index (χ1n) is 6.75. The van der Waals surface area contributed by atoms with Crippen LogP contribution in [0.15, 0.2) is 36.4 Å². The van der Waals surface area contributed by atoms with Crippen molar-refractivity contribution < 1.29 is 4.74 Å². The van der Waals surface area contributed by atoms with Crippen molar-refractivity contribution in [1.82, 2.24) is 9.97 Å². The second-order valence-electron chi connectivity index (χ2n) is 4.99. The molecule has 0 radical (unpaired) electrons. The number of aryl methyl sites for hydroxylation is 1. The lowest BCUT2D eigenvalue weighted by molar-refractivity contribution is 0.319. The summed E-state index contributed by atoms with van der Waals surface area (Å²) in [6.45, 7) is 2.59. The number of nitrogen functional groups attached to an aromatic ring is 1. The second kappa shape index (κ2) is 5.66.